The molecule has 0 aliphatic heterocycles. The van der Waals surface area contributed by atoms with E-state index in [0.717, 1.165) is 0 Å². The van der Waals surface area contributed by atoms with Crippen molar-refractivity contribution in [1.82, 2.24) is 0 Å². The molecule has 0 radical (unpaired) electrons. The van der Waals surface area contributed by atoms with Gasteiger partial charge in [-0.05, 0) is 16.7 Å². The van der Waals surface area contributed by atoms with E-state index in [9.17, 15) is 4.79 Å². The van der Waals surface area contributed by atoms with E-state index in [1.54, 1.807) is 11.8 Å². The van der Waals surface area contributed by atoms with Crippen LogP contribution in [-0.2, 0) is 9.54 Å². The van der Waals surface area contributed by atoms with Crippen LogP contribution in [0, 0.1) is 5.92 Å². The largest absolute Gasteiger partial charge is 0.369 e. The zero-order chi connectivity index (χ0) is 18.4. The number of nitrogens with two attached hydrogens (primary N) is 1. The Kier molecular flexibility index (Phi) is 5.79. The van der Waals surface area contributed by atoms with Gasteiger partial charge in [-0.25, -0.2) is 0 Å². The van der Waals surface area contributed by atoms with Gasteiger partial charge >= 0.3 is 0 Å². The average molecular weight is 362 g/mol. The first-order valence-electron chi connectivity index (χ1n) is 8.74. The number of hydrogen-bond acceptors (Lipinski definition) is 2. The maximum atomic E-state index is 11.6. The van der Waals surface area contributed by atoms with Gasteiger partial charge < -0.3 is 5.73 Å². The van der Waals surface area contributed by atoms with E-state index in [0.29, 0.717) is 5.75 Å². The summed E-state index contributed by atoms with van der Waals surface area (Å²) < 4.78 is -0.395. The molecule has 1 amide bonds. The number of carbonyl (C=O) groups excluding carboxylic acids is 1. The second kappa shape index (κ2) is 8.24. The highest BCUT2D eigenvalue weighted by atomic mass is 32.2. The fraction of sp³-hybridized carbons (Fsp3) is 0.174. The molecule has 3 aromatic carbocycles. The Bertz CT molecular complexity index is 737. The van der Waals surface area contributed by atoms with Crippen LogP contribution in [0.25, 0.3) is 0 Å². The molecule has 0 aromatic heterocycles. The van der Waals surface area contributed by atoms with Crippen molar-refractivity contribution in [2.75, 3.05) is 5.75 Å². The lowest BCUT2D eigenvalue weighted by atomic mass is 9.84. The summed E-state index contributed by atoms with van der Waals surface area (Å²) in [5.41, 5.74) is 9.11. The summed E-state index contributed by atoms with van der Waals surface area (Å²) >= 11 is 1.76. The first kappa shape index (κ1) is 18.3. The summed E-state index contributed by atoms with van der Waals surface area (Å²) in [5, 5.41) is 0. The molecule has 0 saturated carbocycles. The van der Waals surface area contributed by atoms with Gasteiger partial charge in [0.25, 0.3) is 0 Å². The van der Waals surface area contributed by atoms with E-state index in [2.05, 4.69) is 72.8 Å². The van der Waals surface area contributed by atoms with Crippen LogP contribution < -0.4 is 5.73 Å². The first-order valence-corrected chi connectivity index (χ1v) is 9.73. The van der Waals surface area contributed by atoms with Crippen molar-refractivity contribution in [1.29, 1.82) is 0 Å². The van der Waals surface area contributed by atoms with Crippen LogP contribution in [0.2, 0.25) is 0 Å². The van der Waals surface area contributed by atoms with E-state index in [1.165, 1.54) is 16.7 Å². The molecule has 3 heteroatoms. The predicted molar refractivity (Wildman–Crippen MR) is 110 cm³/mol. The Morgan fingerprint density at radius 2 is 1.15 bits per heavy atom. The molecule has 0 fully saturated rings. The van der Waals surface area contributed by atoms with Gasteiger partial charge in [-0.2, -0.15) is 0 Å². The Labute approximate surface area is 159 Å². The van der Waals surface area contributed by atoms with Crippen molar-refractivity contribution < 1.29 is 4.79 Å². The highest BCUT2D eigenvalue weighted by Gasteiger charge is 2.37. The molecule has 0 saturated heterocycles. The minimum Gasteiger partial charge on any atom is -0.369 e. The van der Waals surface area contributed by atoms with Crippen LogP contribution in [0.15, 0.2) is 91.0 Å². The number of amides is 1. The minimum absolute atomic E-state index is 0.199. The molecule has 3 aromatic rings. The molecule has 0 bridgehead atoms. The molecule has 0 aliphatic carbocycles. The number of hydrogen-bond donors (Lipinski definition) is 1. The molecule has 3 rings (SSSR count). The van der Waals surface area contributed by atoms with Crippen molar-refractivity contribution in [2.24, 2.45) is 11.7 Å². The maximum Gasteiger partial charge on any atom is 0.221 e. The minimum atomic E-state index is -0.395. The summed E-state index contributed by atoms with van der Waals surface area (Å²) in [5.74, 6) is 0.185. The molecule has 2 nitrogen and oxygen atoms in total. The van der Waals surface area contributed by atoms with Crippen LogP contribution in [0.1, 0.15) is 23.6 Å². The zero-order valence-electron chi connectivity index (χ0n) is 14.8. The van der Waals surface area contributed by atoms with Gasteiger partial charge in [0, 0.05) is 11.7 Å². The van der Waals surface area contributed by atoms with Crippen LogP contribution in [0.3, 0.4) is 0 Å². The molecule has 1 atom stereocenters. The van der Waals surface area contributed by atoms with Gasteiger partial charge in [-0.15, -0.1) is 11.8 Å². The van der Waals surface area contributed by atoms with Gasteiger partial charge in [0.05, 0.1) is 4.75 Å². The van der Waals surface area contributed by atoms with Crippen LogP contribution >= 0.6 is 11.8 Å². The SMILES string of the molecule is CC(CSC(c1ccccc1)(c1ccccc1)c1ccccc1)C(N)=O. The van der Waals surface area contributed by atoms with E-state index in [4.69, 9.17) is 5.73 Å². The quantitative estimate of drug-likeness (QED) is 0.612. The van der Waals surface area contributed by atoms with E-state index >= 15 is 0 Å². The van der Waals surface area contributed by atoms with Crippen molar-refractivity contribution in [3.05, 3.63) is 108 Å². The number of primary amides is 1. The Morgan fingerprint density at radius 1 is 0.808 bits per heavy atom. The van der Waals surface area contributed by atoms with E-state index in [1.807, 2.05) is 25.1 Å². The maximum absolute atomic E-state index is 11.6. The normalized spacial score (nSPS) is 12.5. The number of rotatable bonds is 7. The lowest BCUT2D eigenvalue weighted by Gasteiger charge is -2.36. The fourth-order valence-corrected chi connectivity index (χ4v) is 4.67. The number of benzene rings is 3. The van der Waals surface area contributed by atoms with Crippen molar-refractivity contribution >= 4 is 17.7 Å². The number of thioether (sulfide) groups is 1. The molecule has 0 heterocycles. The first-order chi connectivity index (χ1) is 12.6. The van der Waals surface area contributed by atoms with Gasteiger partial charge in [-0.1, -0.05) is 97.9 Å². The lowest BCUT2D eigenvalue weighted by molar-refractivity contribution is -0.120. The summed E-state index contributed by atoms with van der Waals surface area (Å²) in [6.45, 7) is 1.89. The predicted octanol–water partition coefficient (Wildman–Crippen LogP) is 4.83. The third kappa shape index (κ3) is 3.68. The van der Waals surface area contributed by atoms with Gasteiger partial charge in [-0.3, -0.25) is 4.79 Å². The third-order valence-corrected chi connectivity index (χ3v) is 6.38. The topological polar surface area (TPSA) is 43.1 Å². The average Bonchev–Trinajstić information content (AvgIpc) is 2.70. The molecule has 132 valence electrons. The molecule has 1 unspecified atom stereocenters. The molecular formula is C23H23NOS. The summed E-state index contributed by atoms with van der Waals surface area (Å²) in [4.78, 5) is 11.6. The Morgan fingerprint density at radius 3 is 1.46 bits per heavy atom. The standard InChI is InChI=1S/C23H23NOS/c1-18(22(24)25)17-26-23(19-11-5-2-6-12-19,20-13-7-3-8-14-20)21-15-9-4-10-16-21/h2-16,18H,17H2,1H3,(H2,24,25). The lowest BCUT2D eigenvalue weighted by Crippen LogP contribution is -2.29. The fourth-order valence-electron chi connectivity index (χ4n) is 3.10. The second-order valence-corrected chi connectivity index (χ2v) is 7.63. The van der Waals surface area contributed by atoms with Crippen molar-refractivity contribution in [3.8, 4) is 0 Å². The molecular weight excluding hydrogens is 338 g/mol. The summed E-state index contributed by atoms with van der Waals surface area (Å²) in [6.07, 6.45) is 0. The second-order valence-electron chi connectivity index (χ2n) is 6.39. The number of carbonyl (C=O) groups is 1. The monoisotopic (exact) mass is 361 g/mol. The van der Waals surface area contributed by atoms with Gasteiger partial charge in [0.2, 0.25) is 5.91 Å². The van der Waals surface area contributed by atoms with Gasteiger partial charge in [0.15, 0.2) is 0 Å². The molecule has 0 spiro atoms. The van der Waals surface area contributed by atoms with Gasteiger partial charge in [0.1, 0.15) is 0 Å². The highest BCUT2D eigenvalue weighted by Crippen LogP contribution is 2.48. The van der Waals surface area contributed by atoms with Crippen molar-refractivity contribution in [2.45, 2.75) is 11.7 Å². The van der Waals surface area contributed by atoms with Crippen LogP contribution in [0.4, 0.5) is 0 Å². The highest BCUT2D eigenvalue weighted by molar-refractivity contribution is 8.00. The van der Waals surface area contributed by atoms with E-state index in [-0.39, 0.29) is 11.8 Å². The van der Waals surface area contributed by atoms with Crippen LogP contribution in [0.5, 0.6) is 0 Å². The third-order valence-electron chi connectivity index (χ3n) is 4.58. The summed E-state index contributed by atoms with van der Waals surface area (Å²) in [6, 6.07) is 31.4. The Hall–Kier alpha value is -2.52. The zero-order valence-corrected chi connectivity index (χ0v) is 15.7. The Balaban J connectivity index is 2.19. The smallest absolute Gasteiger partial charge is 0.221 e. The van der Waals surface area contributed by atoms with E-state index < -0.39 is 4.75 Å². The van der Waals surface area contributed by atoms with Crippen molar-refractivity contribution in [3.63, 3.8) is 0 Å². The molecule has 26 heavy (non-hydrogen) atoms. The summed E-state index contributed by atoms with van der Waals surface area (Å²) in [7, 11) is 0. The molecule has 2 N–H and O–H groups in total. The molecule has 0 aliphatic rings. The van der Waals surface area contributed by atoms with Crippen LogP contribution in [-0.4, -0.2) is 11.7 Å².